The minimum absolute atomic E-state index is 0.0562. The number of likely N-dealkylation sites (N-methyl/N-ethyl adjacent to an activating group) is 1. The van der Waals surface area contributed by atoms with Gasteiger partial charge in [-0.2, -0.15) is 13.2 Å². The van der Waals surface area contributed by atoms with Gasteiger partial charge in [-0.1, -0.05) is 6.92 Å². The van der Waals surface area contributed by atoms with Gasteiger partial charge in [0.2, 0.25) is 0 Å². The highest BCUT2D eigenvalue weighted by atomic mass is 19.4. The maximum Gasteiger partial charge on any atom is 0.490 e. The van der Waals surface area contributed by atoms with E-state index in [9.17, 15) is 18.0 Å². The molecule has 4 N–H and O–H groups in total. The monoisotopic (exact) mass is 482 g/mol. The normalized spacial score (nSPS) is 16.3. The maximum atomic E-state index is 12.5. The molecule has 0 bridgehead atoms. The summed E-state index contributed by atoms with van der Waals surface area (Å²) >= 11 is 0. The number of carbonyl (C=O) groups is 2. The van der Waals surface area contributed by atoms with Crippen LogP contribution in [-0.4, -0.2) is 77.3 Å². The van der Waals surface area contributed by atoms with E-state index in [0.29, 0.717) is 12.2 Å². The van der Waals surface area contributed by atoms with Crippen LogP contribution in [0.1, 0.15) is 34.2 Å². The predicted molar refractivity (Wildman–Crippen MR) is 120 cm³/mol. The number of aromatic nitrogens is 2. The van der Waals surface area contributed by atoms with Crippen LogP contribution in [0.4, 0.5) is 19.0 Å². The lowest BCUT2D eigenvalue weighted by atomic mass is 10.1. The molecule has 0 saturated carbocycles. The number of H-pyrrole nitrogens is 1. The number of hydrogen-bond donors (Lipinski definition) is 4. The molecule has 2 aliphatic rings. The van der Waals surface area contributed by atoms with Crippen LogP contribution in [0.15, 0.2) is 24.4 Å². The van der Waals surface area contributed by atoms with E-state index in [0.717, 1.165) is 69.3 Å². The highest BCUT2D eigenvalue weighted by Gasteiger charge is 2.38. The summed E-state index contributed by atoms with van der Waals surface area (Å²) in [5.74, 6) is -1.81. The van der Waals surface area contributed by atoms with Gasteiger partial charge in [0.15, 0.2) is 0 Å². The molecular formula is C22H29F3N6O3. The molecule has 12 heteroatoms. The van der Waals surface area contributed by atoms with Gasteiger partial charge < -0.3 is 30.5 Å². The van der Waals surface area contributed by atoms with Gasteiger partial charge in [-0.05, 0) is 48.8 Å². The zero-order chi connectivity index (χ0) is 24.7. The van der Waals surface area contributed by atoms with Gasteiger partial charge in [0.1, 0.15) is 11.5 Å². The van der Waals surface area contributed by atoms with Gasteiger partial charge in [0.05, 0.1) is 0 Å². The molecule has 1 fully saturated rings. The van der Waals surface area contributed by atoms with Crippen molar-refractivity contribution in [1.29, 1.82) is 0 Å². The van der Waals surface area contributed by atoms with Crippen molar-refractivity contribution in [2.24, 2.45) is 0 Å². The van der Waals surface area contributed by atoms with E-state index >= 15 is 0 Å². The smallest absolute Gasteiger partial charge is 0.475 e. The fourth-order valence-electron chi connectivity index (χ4n) is 3.79. The molecule has 0 unspecified atom stereocenters. The molecule has 34 heavy (non-hydrogen) atoms. The number of alkyl halides is 3. The van der Waals surface area contributed by atoms with Gasteiger partial charge in [-0.25, -0.2) is 9.78 Å². The van der Waals surface area contributed by atoms with Crippen LogP contribution >= 0.6 is 0 Å². The lowest BCUT2D eigenvalue weighted by molar-refractivity contribution is -0.192. The van der Waals surface area contributed by atoms with Crippen LogP contribution < -0.4 is 15.5 Å². The highest BCUT2D eigenvalue weighted by Crippen LogP contribution is 2.17. The van der Waals surface area contributed by atoms with Crippen LogP contribution in [-0.2, 0) is 24.3 Å². The molecule has 186 valence electrons. The van der Waals surface area contributed by atoms with Crippen molar-refractivity contribution in [3.8, 4) is 0 Å². The second-order valence-corrected chi connectivity index (χ2v) is 8.04. The first kappa shape index (κ1) is 25.5. The number of piperazine rings is 1. The molecule has 1 saturated heterocycles. The summed E-state index contributed by atoms with van der Waals surface area (Å²) in [6, 6.07) is 6.04. The predicted octanol–water partition coefficient (Wildman–Crippen LogP) is 1.76. The van der Waals surface area contributed by atoms with Gasteiger partial charge in [0, 0.05) is 51.2 Å². The topological polar surface area (TPSA) is 114 Å². The van der Waals surface area contributed by atoms with Crippen molar-refractivity contribution in [1.82, 2.24) is 25.5 Å². The first-order valence-electron chi connectivity index (χ1n) is 11.1. The Morgan fingerprint density at radius 2 is 1.91 bits per heavy atom. The number of halogens is 3. The number of aliphatic carboxylic acids is 1. The molecule has 0 atom stereocenters. The maximum absolute atomic E-state index is 12.5. The summed E-state index contributed by atoms with van der Waals surface area (Å²) < 4.78 is 31.7. The van der Waals surface area contributed by atoms with Crippen LogP contribution in [0.25, 0.3) is 0 Å². The molecule has 0 aromatic carbocycles. The lowest BCUT2D eigenvalue weighted by Gasteiger charge is -2.34. The van der Waals surface area contributed by atoms with E-state index in [-0.39, 0.29) is 5.91 Å². The number of pyridine rings is 1. The number of nitrogens with one attached hydrogen (secondary N) is 3. The molecule has 0 radical (unpaired) electrons. The Labute approximate surface area is 195 Å². The first-order valence-corrected chi connectivity index (χ1v) is 11.1. The van der Waals surface area contributed by atoms with Gasteiger partial charge in [0.25, 0.3) is 5.91 Å². The van der Waals surface area contributed by atoms with Crippen LogP contribution in [0.2, 0.25) is 0 Å². The average Bonchev–Trinajstić information content (AvgIpc) is 3.27. The summed E-state index contributed by atoms with van der Waals surface area (Å²) in [6.45, 7) is 9.74. The third-order valence-corrected chi connectivity index (χ3v) is 5.76. The van der Waals surface area contributed by atoms with Crippen molar-refractivity contribution in [2.75, 3.05) is 44.2 Å². The van der Waals surface area contributed by atoms with Gasteiger partial charge >= 0.3 is 12.1 Å². The SMILES string of the molecule is CCN1CCN(c2cc(CNC(=O)c3cc4c([nH]3)CNCC4)ccn2)CC1.O=C(O)C(F)(F)F. The third-order valence-electron chi connectivity index (χ3n) is 5.76. The Morgan fingerprint density at radius 1 is 1.21 bits per heavy atom. The molecule has 9 nitrogen and oxygen atoms in total. The van der Waals surface area contributed by atoms with Gasteiger partial charge in [-0.15, -0.1) is 0 Å². The molecule has 2 aromatic heterocycles. The summed E-state index contributed by atoms with van der Waals surface area (Å²) in [5.41, 5.74) is 4.10. The summed E-state index contributed by atoms with van der Waals surface area (Å²) in [4.78, 5) is 33.9. The summed E-state index contributed by atoms with van der Waals surface area (Å²) in [7, 11) is 0. The Morgan fingerprint density at radius 3 is 2.53 bits per heavy atom. The molecule has 4 heterocycles. The fraction of sp³-hybridized carbons (Fsp3) is 0.500. The number of aromatic amines is 1. The lowest BCUT2D eigenvalue weighted by Crippen LogP contribution is -2.46. The number of fused-ring (bicyclic) bond motifs is 1. The minimum Gasteiger partial charge on any atom is -0.475 e. The number of rotatable bonds is 5. The first-order chi connectivity index (χ1) is 16.2. The van der Waals surface area contributed by atoms with Crippen molar-refractivity contribution < 1.29 is 27.9 Å². The van der Waals surface area contributed by atoms with Gasteiger partial charge in [-0.3, -0.25) is 4.79 Å². The number of carbonyl (C=O) groups excluding carboxylic acids is 1. The average molecular weight is 483 g/mol. The zero-order valence-corrected chi connectivity index (χ0v) is 18.9. The minimum atomic E-state index is -5.08. The van der Waals surface area contributed by atoms with Crippen molar-refractivity contribution in [3.63, 3.8) is 0 Å². The Bertz CT molecular complexity index is 963. The molecule has 0 aliphatic carbocycles. The van der Waals surface area contributed by atoms with Crippen LogP contribution in [0.3, 0.4) is 0 Å². The number of hydrogen-bond acceptors (Lipinski definition) is 6. The summed E-state index contributed by atoms with van der Waals surface area (Å²) in [6.07, 6.45) is -2.28. The molecule has 1 amide bonds. The van der Waals surface area contributed by atoms with E-state index in [1.54, 1.807) is 0 Å². The number of anilines is 1. The quantitative estimate of drug-likeness (QED) is 0.514. The fourth-order valence-corrected chi connectivity index (χ4v) is 3.79. The number of carboxylic acid groups (broad SMARTS) is 1. The molecule has 0 spiro atoms. The molecule has 2 aliphatic heterocycles. The van der Waals surface area contributed by atoms with E-state index in [2.05, 4.69) is 43.4 Å². The number of nitrogens with zero attached hydrogens (tertiary/aromatic N) is 3. The number of amides is 1. The van der Waals surface area contributed by atoms with Crippen molar-refractivity contribution in [2.45, 2.75) is 32.6 Å². The number of carboxylic acids is 1. The zero-order valence-electron chi connectivity index (χ0n) is 18.9. The van der Waals surface area contributed by atoms with Crippen LogP contribution in [0, 0.1) is 0 Å². The van der Waals surface area contributed by atoms with E-state index in [4.69, 9.17) is 9.90 Å². The Balaban J connectivity index is 0.000000406. The van der Waals surface area contributed by atoms with Crippen LogP contribution in [0.5, 0.6) is 0 Å². The molecular weight excluding hydrogens is 453 g/mol. The van der Waals surface area contributed by atoms with Crippen molar-refractivity contribution >= 4 is 17.7 Å². The second kappa shape index (κ2) is 11.3. The molecule has 4 rings (SSSR count). The Kier molecular flexibility index (Phi) is 8.51. The highest BCUT2D eigenvalue weighted by molar-refractivity contribution is 5.92. The van der Waals surface area contributed by atoms with E-state index in [1.807, 2.05) is 18.3 Å². The van der Waals surface area contributed by atoms with Crippen molar-refractivity contribution in [3.05, 3.63) is 46.9 Å². The van der Waals surface area contributed by atoms with E-state index < -0.39 is 12.1 Å². The van der Waals surface area contributed by atoms with E-state index in [1.165, 1.54) is 5.56 Å². The Hall–Kier alpha value is -3.12. The third kappa shape index (κ3) is 6.94. The molecule has 2 aromatic rings. The standard InChI is InChI=1S/C20H28N6O.C2HF3O2/c1-2-25-7-9-26(10-8-25)19-11-15(3-6-22-19)13-23-20(27)17-12-16-4-5-21-14-18(16)24-17;3-2(4,5)1(6)7/h3,6,11-12,21,24H,2,4-5,7-10,13-14H2,1H3,(H,23,27);(H,6,7). The summed E-state index contributed by atoms with van der Waals surface area (Å²) in [5, 5.41) is 13.5. The largest absolute Gasteiger partial charge is 0.490 e. The second-order valence-electron chi connectivity index (χ2n) is 8.04.